The van der Waals surface area contributed by atoms with Crippen molar-refractivity contribution in [2.75, 3.05) is 7.05 Å². The van der Waals surface area contributed by atoms with Gasteiger partial charge in [0.2, 0.25) is 0 Å². The standard InChI is InChI=1S/C15H29N/c1-7-13(3)16(6)15(8-2)11-9-14(4,5)10-12-15/h3,7-12H2,1-2,4-6H3. The minimum absolute atomic E-state index is 0.391. The molecular formula is C15H29N. The van der Waals surface area contributed by atoms with Crippen LogP contribution in [0.4, 0.5) is 0 Å². The minimum Gasteiger partial charge on any atom is -0.373 e. The van der Waals surface area contributed by atoms with E-state index in [9.17, 15) is 0 Å². The third-order valence-corrected chi connectivity index (χ3v) is 4.79. The van der Waals surface area contributed by atoms with Gasteiger partial charge in [-0.05, 0) is 43.9 Å². The van der Waals surface area contributed by atoms with Crippen LogP contribution in [-0.2, 0) is 0 Å². The third kappa shape index (κ3) is 2.61. The summed E-state index contributed by atoms with van der Waals surface area (Å²) < 4.78 is 0. The number of allylic oxidation sites excluding steroid dienone is 1. The summed E-state index contributed by atoms with van der Waals surface area (Å²) >= 11 is 0. The summed E-state index contributed by atoms with van der Waals surface area (Å²) in [6.07, 6.45) is 7.67. The summed E-state index contributed by atoms with van der Waals surface area (Å²) in [6, 6.07) is 0. The Labute approximate surface area is 102 Å². The molecule has 0 saturated heterocycles. The molecule has 1 saturated carbocycles. The molecule has 0 radical (unpaired) electrons. The van der Waals surface area contributed by atoms with Crippen LogP contribution in [0.25, 0.3) is 0 Å². The minimum atomic E-state index is 0.391. The molecule has 0 N–H and O–H groups in total. The fourth-order valence-corrected chi connectivity index (χ4v) is 2.89. The van der Waals surface area contributed by atoms with Crippen LogP contribution in [0.1, 0.15) is 66.2 Å². The highest BCUT2D eigenvalue weighted by atomic mass is 15.2. The second-order valence-electron chi connectivity index (χ2n) is 6.22. The van der Waals surface area contributed by atoms with Gasteiger partial charge in [-0.1, -0.05) is 34.3 Å². The molecule has 1 nitrogen and oxygen atoms in total. The molecule has 0 amide bonds. The number of hydrogen-bond acceptors (Lipinski definition) is 1. The average Bonchev–Trinajstić information content (AvgIpc) is 2.28. The van der Waals surface area contributed by atoms with Gasteiger partial charge < -0.3 is 4.90 Å². The molecule has 1 rings (SSSR count). The van der Waals surface area contributed by atoms with E-state index in [4.69, 9.17) is 0 Å². The summed E-state index contributed by atoms with van der Waals surface area (Å²) in [5.41, 5.74) is 2.23. The fourth-order valence-electron chi connectivity index (χ4n) is 2.89. The second-order valence-corrected chi connectivity index (χ2v) is 6.22. The Kier molecular flexibility index (Phi) is 4.09. The Morgan fingerprint density at radius 3 is 2.00 bits per heavy atom. The van der Waals surface area contributed by atoms with E-state index in [1.807, 2.05) is 0 Å². The number of nitrogens with zero attached hydrogens (tertiary/aromatic N) is 1. The van der Waals surface area contributed by atoms with Gasteiger partial charge in [-0.3, -0.25) is 0 Å². The molecule has 1 fully saturated rings. The van der Waals surface area contributed by atoms with Crippen molar-refractivity contribution in [2.24, 2.45) is 5.41 Å². The summed E-state index contributed by atoms with van der Waals surface area (Å²) in [4.78, 5) is 2.47. The summed E-state index contributed by atoms with van der Waals surface area (Å²) in [5, 5.41) is 0. The SMILES string of the molecule is C=C(CC)N(C)C1(CC)CCC(C)(C)CC1. The highest BCUT2D eigenvalue weighted by molar-refractivity contribution is 5.04. The van der Waals surface area contributed by atoms with Gasteiger partial charge in [-0.15, -0.1) is 0 Å². The monoisotopic (exact) mass is 223 g/mol. The van der Waals surface area contributed by atoms with Gasteiger partial charge in [0.15, 0.2) is 0 Å². The topological polar surface area (TPSA) is 3.24 Å². The van der Waals surface area contributed by atoms with E-state index < -0.39 is 0 Å². The van der Waals surface area contributed by atoms with Gasteiger partial charge in [0.25, 0.3) is 0 Å². The largest absolute Gasteiger partial charge is 0.373 e. The van der Waals surface area contributed by atoms with Gasteiger partial charge >= 0.3 is 0 Å². The van der Waals surface area contributed by atoms with Crippen molar-refractivity contribution >= 4 is 0 Å². The lowest BCUT2D eigenvalue weighted by molar-refractivity contribution is 0.0529. The molecule has 0 bridgehead atoms. The first kappa shape index (κ1) is 13.6. The average molecular weight is 223 g/mol. The van der Waals surface area contributed by atoms with Crippen LogP contribution in [0, 0.1) is 5.41 Å². The lowest BCUT2D eigenvalue weighted by Gasteiger charge is -2.50. The molecule has 94 valence electrons. The van der Waals surface area contributed by atoms with E-state index in [1.165, 1.54) is 37.8 Å². The van der Waals surface area contributed by atoms with Crippen molar-refractivity contribution < 1.29 is 0 Å². The third-order valence-electron chi connectivity index (χ3n) is 4.79. The molecule has 1 aliphatic carbocycles. The first-order chi connectivity index (χ1) is 7.37. The highest BCUT2D eigenvalue weighted by Gasteiger charge is 2.39. The second kappa shape index (κ2) is 4.81. The van der Waals surface area contributed by atoms with Crippen LogP contribution in [0.15, 0.2) is 12.3 Å². The molecule has 0 spiro atoms. The molecule has 0 aromatic carbocycles. The highest BCUT2D eigenvalue weighted by Crippen LogP contribution is 2.45. The van der Waals surface area contributed by atoms with Gasteiger partial charge in [0.05, 0.1) is 0 Å². The van der Waals surface area contributed by atoms with Crippen molar-refractivity contribution in [3.63, 3.8) is 0 Å². The first-order valence-electron chi connectivity index (χ1n) is 6.78. The van der Waals surface area contributed by atoms with Gasteiger partial charge in [0.1, 0.15) is 0 Å². The predicted octanol–water partition coefficient (Wildman–Crippen LogP) is 4.59. The van der Waals surface area contributed by atoms with Crippen LogP contribution in [0.5, 0.6) is 0 Å². The quantitative estimate of drug-likeness (QED) is 0.673. The molecule has 0 aromatic heterocycles. The van der Waals surface area contributed by atoms with Gasteiger partial charge in [0, 0.05) is 18.3 Å². The maximum atomic E-state index is 4.20. The molecule has 0 atom stereocenters. The maximum absolute atomic E-state index is 4.20. The Hall–Kier alpha value is -0.460. The number of rotatable bonds is 4. The smallest absolute Gasteiger partial charge is 0.0393 e. The van der Waals surface area contributed by atoms with E-state index in [-0.39, 0.29) is 0 Å². The molecule has 16 heavy (non-hydrogen) atoms. The number of hydrogen-bond donors (Lipinski definition) is 0. The van der Waals surface area contributed by atoms with Crippen molar-refractivity contribution in [3.8, 4) is 0 Å². The molecule has 0 unspecified atom stereocenters. The Morgan fingerprint density at radius 2 is 1.62 bits per heavy atom. The van der Waals surface area contributed by atoms with Crippen molar-refractivity contribution in [1.29, 1.82) is 0 Å². The Balaban J connectivity index is 2.77. The van der Waals surface area contributed by atoms with Crippen molar-refractivity contribution in [2.45, 2.75) is 71.8 Å². The molecule has 1 aliphatic rings. The normalized spacial score (nSPS) is 22.8. The van der Waals surface area contributed by atoms with Crippen LogP contribution < -0.4 is 0 Å². The summed E-state index contributed by atoms with van der Waals surface area (Å²) in [7, 11) is 2.24. The summed E-state index contributed by atoms with van der Waals surface area (Å²) in [5.74, 6) is 0. The molecule has 0 heterocycles. The van der Waals surface area contributed by atoms with Gasteiger partial charge in [-0.2, -0.15) is 0 Å². The van der Waals surface area contributed by atoms with E-state index >= 15 is 0 Å². The van der Waals surface area contributed by atoms with E-state index in [0.29, 0.717) is 11.0 Å². The molecule has 0 aliphatic heterocycles. The lowest BCUT2D eigenvalue weighted by atomic mass is 9.67. The molecule has 0 aromatic rings. The van der Waals surface area contributed by atoms with E-state index in [2.05, 4.69) is 46.2 Å². The van der Waals surface area contributed by atoms with Crippen LogP contribution in [0.3, 0.4) is 0 Å². The zero-order valence-electron chi connectivity index (χ0n) is 11.9. The van der Waals surface area contributed by atoms with Crippen LogP contribution >= 0.6 is 0 Å². The van der Waals surface area contributed by atoms with Crippen LogP contribution in [0.2, 0.25) is 0 Å². The lowest BCUT2D eigenvalue weighted by Crippen LogP contribution is -2.49. The first-order valence-corrected chi connectivity index (χ1v) is 6.78. The predicted molar refractivity (Wildman–Crippen MR) is 72.5 cm³/mol. The zero-order valence-corrected chi connectivity index (χ0v) is 11.9. The molecule has 1 heteroatoms. The van der Waals surface area contributed by atoms with Crippen molar-refractivity contribution in [1.82, 2.24) is 4.90 Å². The Morgan fingerprint density at radius 1 is 1.12 bits per heavy atom. The Bertz CT molecular complexity index is 242. The summed E-state index contributed by atoms with van der Waals surface area (Å²) in [6.45, 7) is 13.5. The van der Waals surface area contributed by atoms with Gasteiger partial charge in [-0.25, -0.2) is 0 Å². The van der Waals surface area contributed by atoms with Crippen molar-refractivity contribution in [3.05, 3.63) is 12.3 Å². The van der Waals surface area contributed by atoms with E-state index in [0.717, 1.165) is 6.42 Å². The van der Waals surface area contributed by atoms with Crippen LogP contribution in [-0.4, -0.2) is 17.5 Å². The van der Waals surface area contributed by atoms with E-state index in [1.54, 1.807) is 0 Å². The maximum Gasteiger partial charge on any atom is 0.0393 e. The fraction of sp³-hybridized carbons (Fsp3) is 0.867. The zero-order chi connectivity index (χ0) is 12.4. The molecular weight excluding hydrogens is 194 g/mol.